The fourth-order valence-electron chi connectivity index (χ4n) is 1.89. The molecule has 0 spiro atoms. The summed E-state index contributed by atoms with van der Waals surface area (Å²) >= 11 is 0. The van der Waals surface area contributed by atoms with Gasteiger partial charge in [0.1, 0.15) is 5.82 Å². The Kier molecular flexibility index (Phi) is 2.92. The molecule has 0 saturated heterocycles. The van der Waals surface area contributed by atoms with Crippen LogP contribution in [0.2, 0.25) is 0 Å². The number of nitrogen functional groups attached to an aromatic ring is 1. The van der Waals surface area contributed by atoms with Gasteiger partial charge in [-0.15, -0.1) is 0 Å². The lowest BCUT2D eigenvalue weighted by Gasteiger charge is -2.00. The first-order chi connectivity index (χ1) is 9.65. The average Bonchev–Trinajstić information content (AvgIpc) is 2.90. The number of aromatic nitrogens is 1. The highest BCUT2D eigenvalue weighted by molar-refractivity contribution is 5.74. The van der Waals surface area contributed by atoms with Gasteiger partial charge in [-0.25, -0.2) is 18.8 Å². The van der Waals surface area contributed by atoms with Crippen LogP contribution < -0.4 is 5.73 Å². The number of halogens is 2. The van der Waals surface area contributed by atoms with Crippen molar-refractivity contribution in [3.63, 3.8) is 0 Å². The van der Waals surface area contributed by atoms with Crippen LogP contribution >= 0.6 is 0 Å². The Morgan fingerprint density at radius 1 is 1.20 bits per heavy atom. The molecule has 20 heavy (non-hydrogen) atoms. The van der Waals surface area contributed by atoms with E-state index >= 15 is 0 Å². The number of rotatable bonds is 0. The highest BCUT2D eigenvalue weighted by Gasteiger charge is 2.10. The summed E-state index contributed by atoms with van der Waals surface area (Å²) in [6.45, 7) is 0. The van der Waals surface area contributed by atoms with E-state index in [0.717, 1.165) is 11.6 Å². The summed E-state index contributed by atoms with van der Waals surface area (Å²) < 4.78 is 27.2. The number of anilines is 1. The van der Waals surface area contributed by atoms with E-state index in [1.165, 1.54) is 12.3 Å². The summed E-state index contributed by atoms with van der Waals surface area (Å²) in [7, 11) is 0. The lowest BCUT2D eigenvalue weighted by atomic mass is 10.1. The predicted molar refractivity (Wildman–Crippen MR) is 72.8 cm³/mol. The van der Waals surface area contributed by atoms with Crippen LogP contribution in [-0.2, 0) is 6.42 Å². The smallest absolute Gasteiger partial charge is 0.164 e. The molecule has 2 heterocycles. The molecule has 0 saturated carbocycles. The normalized spacial score (nSPS) is 11.9. The molecule has 0 atom stereocenters. The van der Waals surface area contributed by atoms with Crippen molar-refractivity contribution in [2.75, 3.05) is 5.73 Å². The molecule has 2 aromatic rings. The quantitative estimate of drug-likeness (QED) is 0.590. The van der Waals surface area contributed by atoms with Crippen molar-refractivity contribution in [3.8, 4) is 11.8 Å². The second-order valence-corrected chi connectivity index (χ2v) is 4.30. The third-order valence-electron chi connectivity index (χ3n) is 2.92. The van der Waals surface area contributed by atoms with Crippen LogP contribution in [0.4, 0.5) is 20.3 Å². The SMILES string of the molecule is Nc1ccc(F)c(C#Cc2cnc3c(c2)CC=N3)c1F. The van der Waals surface area contributed by atoms with Gasteiger partial charge in [0, 0.05) is 30.0 Å². The molecule has 1 aliphatic heterocycles. The lowest BCUT2D eigenvalue weighted by Crippen LogP contribution is -1.97. The van der Waals surface area contributed by atoms with Gasteiger partial charge >= 0.3 is 0 Å². The van der Waals surface area contributed by atoms with E-state index in [1.54, 1.807) is 6.21 Å². The standard InChI is InChI=1S/C15H9F2N3/c16-12-3-4-13(18)14(17)11(12)2-1-9-7-10-5-6-19-15(10)20-8-9/h3-4,6-8H,5,18H2. The van der Waals surface area contributed by atoms with Crippen molar-refractivity contribution >= 4 is 17.7 Å². The number of nitrogens with two attached hydrogens (primary N) is 1. The van der Waals surface area contributed by atoms with E-state index in [-0.39, 0.29) is 11.3 Å². The van der Waals surface area contributed by atoms with E-state index in [1.807, 2.05) is 6.07 Å². The second kappa shape index (κ2) is 4.74. The van der Waals surface area contributed by atoms with Crippen LogP contribution in [0, 0.1) is 23.5 Å². The number of fused-ring (bicyclic) bond motifs is 1. The first-order valence-electron chi connectivity index (χ1n) is 5.92. The molecule has 1 aromatic carbocycles. The molecule has 2 N–H and O–H groups in total. The van der Waals surface area contributed by atoms with Gasteiger partial charge in [0.2, 0.25) is 0 Å². The highest BCUT2D eigenvalue weighted by Crippen LogP contribution is 2.22. The molecule has 0 radical (unpaired) electrons. The Morgan fingerprint density at radius 2 is 2.05 bits per heavy atom. The Morgan fingerprint density at radius 3 is 2.90 bits per heavy atom. The number of benzene rings is 1. The van der Waals surface area contributed by atoms with Gasteiger partial charge in [0.15, 0.2) is 11.6 Å². The molecule has 5 heteroatoms. The lowest BCUT2D eigenvalue weighted by molar-refractivity contribution is 0.580. The topological polar surface area (TPSA) is 51.3 Å². The van der Waals surface area contributed by atoms with E-state index in [9.17, 15) is 8.78 Å². The molecule has 3 nitrogen and oxygen atoms in total. The Bertz CT molecular complexity index is 786. The fraction of sp³-hybridized carbons (Fsp3) is 0.0667. The van der Waals surface area contributed by atoms with Gasteiger partial charge in [0.25, 0.3) is 0 Å². The molecule has 0 bridgehead atoms. The van der Waals surface area contributed by atoms with Gasteiger partial charge in [-0.3, -0.25) is 0 Å². The minimum Gasteiger partial charge on any atom is -0.396 e. The minimum atomic E-state index is -0.838. The first kappa shape index (κ1) is 12.3. The second-order valence-electron chi connectivity index (χ2n) is 4.30. The van der Waals surface area contributed by atoms with Crippen molar-refractivity contribution in [2.24, 2.45) is 4.99 Å². The van der Waals surface area contributed by atoms with Gasteiger partial charge in [0.05, 0.1) is 11.3 Å². The fourth-order valence-corrected chi connectivity index (χ4v) is 1.89. The number of hydrogen-bond donors (Lipinski definition) is 1. The maximum Gasteiger partial charge on any atom is 0.164 e. The molecular formula is C15H9F2N3. The van der Waals surface area contributed by atoms with E-state index in [4.69, 9.17) is 5.73 Å². The summed E-state index contributed by atoms with van der Waals surface area (Å²) in [6, 6.07) is 4.08. The zero-order valence-corrected chi connectivity index (χ0v) is 10.3. The predicted octanol–water partition coefficient (Wildman–Crippen LogP) is 2.60. The molecule has 3 rings (SSSR count). The average molecular weight is 269 g/mol. The van der Waals surface area contributed by atoms with Gasteiger partial charge in [-0.05, 0) is 18.2 Å². The molecular weight excluding hydrogens is 260 g/mol. The van der Waals surface area contributed by atoms with Gasteiger partial charge in [-0.2, -0.15) is 0 Å². The summed E-state index contributed by atoms with van der Waals surface area (Å²) in [5.74, 6) is 4.26. The van der Waals surface area contributed by atoms with Gasteiger partial charge < -0.3 is 5.73 Å². The van der Waals surface area contributed by atoms with Crippen LogP contribution in [0.3, 0.4) is 0 Å². The largest absolute Gasteiger partial charge is 0.396 e. The zero-order chi connectivity index (χ0) is 14.1. The van der Waals surface area contributed by atoms with Crippen molar-refractivity contribution in [2.45, 2.75) is 6.42 Å². The third-order valence-corrected chi connectivity index (χ3v) is 2.92. The Labute approximate surface area is 114 Å². The molecule has 98 valence electrons. The Hall–Kier alpha value is -2.74. The maximum absolute atomic E-state index is 13.7. The number of nitrogens with zero attached hydrogens (tertiary/aromatic N) is 2. The van der Waals surface area contributed by atoms with E-state index < -0.39 is 11.6 Å². The molecule has 0 unspecified atom stereocenters. The molecule has 1 aromatic heterocycles. The summed E-state index contributed by atoms with van der Waals surface area (Å²) in [5, 5.41) is 0. The molecule has 0 aliphatic carbocycles. The number of aliphatic imine (C=N–C) groups is 1. The van der Waals surface area contributed by atoms with E-state index in [0.29, 0.717) is 17.8 Å². The van der Waals surface area contributed by atoms with Crippen LogP contribution in [0.25, 0.3) is 0 Å². The van der Waals surface area contributed by atoms with Gasteiger partial charge in [-0.1, -0.05) is 11.8 Å². The zero-order valence-electron chi connectivity index (χ0n) is 10.3. The van der Waals surface area contributed by atoms with Crippen molar-refractivity contribution in [1.29, 1.82) is 0 Å². The molecule has 0 fully saturated rings. The highest BCUT2D eigenvalue weighted by atomic mass is 19.1. The maximum atomic E-state index is 13.7. The molecule has 1 aliphatic rings. The summed E-state index contributed by atoms with van der Waals surface area (Å²) in [4.78, 5) is 8.20. The first-order valence-corrected chi connectivity index (χ1v) is 5.92. The van der Waals surface area contributed by atoms with Crippen molar-refractivity contribution in [1.82, 2.24) is 4.98 Å². The van der Waals surface area contributed by atoms with Crippen molar-refractivity contribution < 1.29 is 8.78 Å². The van der Waals surface area contributed by atoms with Crippen LogP contribution in [-0.4, -0.2) is 11.2 Å². The minimum absolute atomic E-state index is 0.129. The number of hydrogen-bond acceptors (Lipinski definition) is 3. The summed E-state index contributed by atoms with van der Waals surface area (Å²) in [5.41, 5.74) is 6.46. The monoisotopic (exact) mass is 269 g/mol. The van der Waals surface area contributed by atoms with Crippen LogP contribution in [0.15, 0.2) is 29.4 Å². The van der Waals surface area contributed by atoms with Crippen molar-refractivity contribution in [3.05, 3.63) is 52.7 Å². The number of pyridine rings is 1. The van der Waals surface area contributed by atoms with Crippen LogP contribution in [0.5, 0.6) is 0 Å². The molecule has 0 amide bonds. The van der Waals surface area contributed by atoms with Crippen LogP contribution in [0.1, 0.15) is 16.7 Å². The Balaban J connectivity index is 1.99. The summed E-state index contributed by atoms with van der Waals surface area (Å²) in [6.07, 6.45) is 3.97. The third kappa shape index (κ3) is 2.12. The van der Waals surface area contributed by atoms with E-state index in [2.05, 4.69) is 21.8 Å².